The molecule has 10 nitrogen and oxygen atoms in total. The average Bonchev–Trinajstić information content (AvgIpc) is 2.49. The van der Waals surface area contributed by atoms with Crippen LogP contribution < -0.4 is 16.8 Å². The molecule has 10 heteroatoms. The number of β-amino-alcohol motifs (C(OH)–C–C–N with tert-alkyl or cyclic N) is 4. The number of likely N-dealkylation sites (tertiary alicyclic amines) is 1. The SMILES string of the molecule is CC(C)(C)OC(=O)N1C[C@@H](O)C(C)(N)[C@@H](O)C1.CC1(N)[C@H](O)CNC[C@@H]1O. The van der Waals surface area contributed by atoms with Gasteiger partial charge in [-0.2, -0.15) is 0 Å². The summed E-state index contributed by atoms with van der Waals surface area (Å²) in [5, 5.41) is 41.0. The predicted molar refractivity (Wildman–Crippen MR) is 99.9 cm³/mol. The second kappa shape index (κ2) is 8.56. The van der Waals surface area contributed by atoms with Gasteiger partial charge in [0.2, 0.25) is 0 Å². The van der Waals surface area contributed by atoms with Gasteiger partial charge >= 0.3 is 6.09 Å². The fourth-order valence-electron chi connectivity index (χ4n) is 2.60. The van der Waals surface area contributed by atoms with E-state index in [1.165, 1.54) is 4.90 Å². The maximum absolute atomic E-state index is 11.8. The lowest BCUT2D eigenvalue weighted by Crippen LogP contribution is -2.68. The van der Waals surface area contributed by atoms with Crippen LogP contribution in [0.15, 0.2) is 0 Å². The highest BCUT2D eigenvalue weighted by Crippen LogP contribution is 2.22. The van der Waals surface area contributed by atoms with Crippen LogP contribution in [0.1, 0.15) is 34.6 Å². The van der Waals surface area contributed by atoms with Crippen molar-refractivity contribution in [2.75, 3.05) is 26.2 Å². The van der Waals surface area contributed by atoms with Crippen LogP contribution in [0.2, 0.25) is 0 Å². The molecule has 0 saturated carbocycles. The summed E-state index contributed by atoms with van der Waals surface area (Å²) in [4.78, 5) is 13.0. The first-order valence-corrected chi connectivity index (χ1v) is 9.07. The van der Waals surface area contributed by atoms with Crippen molar-refractivity contribution in [2.24, 2.45) is 11.5 Å². The topological polar surface area (TPSA) is 175 Å². The van der Waals surface area contributed by atoms with E-state index in [0.29, 0.717) is 13.1 Å². The van der Waals surface area contributed by atoms with E-state index in [9.17, 15) is 25.2 Å². The predicted octanol–water partition coefficient (Wildman–Crippen LogP) is -2.29. The number of carbonyl (C=O) groups is 1. The number of hydrogen-bond acceptors (Lipinski definition) is 9. The van der Waals surface area contributed by atoms with E-state index >= 15 is 0 Å². The summed E-state index contributed by atoms with van der Waals surface area (Å²) >= 11 is 0. The van der Waals surface area contributed by atoms with Gasteiger partial charge in [-0.1, -0.05) is 0 Å². The van der Waals surface area contributed by atoms with E-state index in [2.05, 4.69) is 5.32 Å². The Morgan fingerprint density at radius 2 is 1.33 bits per heavy atom. The van der Waals surface area contributed by atoms with Crippen LogP contribution in [0.3, 0.4) is 0 Å². The number of aliphatic hydroxyl groups excluding tert-OH is 4. The van der Waals surface area contributed by atoms with Crippen LogP contribution in [0.25, 0.3) is 0 Å². The standard InChI is InChI=1S/C11H22N2O4.C6H14N2O2/c1-10(2,3)17-9(16)13-5-7(14)11(4,12)8(15)6-13;1-6(7)4(9)2-8-3-5(6)10/h7-8,14-15H,5-6,12H2,1-4H3;4-5,8-10H,2-3,7H2,1H3/t7-,8+,11?;4-,5+,6?. The van der Waals surface area contributed by atoms with Gasteiger partial charge in [0, 0.05) is 13.1 Å². The lowest BCUT2D eigenvalue weighted by molar-refractivity contribution is -0.0736. The number of nitrogens with two attached hydrogens (primary N) is 2. The molecule has 0 aliphatic carbocycles. The van der Waals surface area contributed by atoms with Gasteiger partial charge in [-0.25, -0.2) is 4.79 Å². The van der Waals surface area contributed by atoms with Gasteiger partial charge in [0.25, 0.3) is 0 Å². The Morgan fingerprint density at radius 1 is 0.963 bits per heavy atom. The van der Waals surface area contributed by atoms with Gasteiger partial charge in [-0.05, 0) is 34.6 Å². The Balaban J connectivity index is 0.000000309. The van der Waals surface area contributed by atoms with Gasteiger partial charge in [0.1, 0.15) is 5.60 Å². The molecule has 2 saturated heterocycles. The molecule has 2 aliphatic heterocycles. The summed E-state index contributed by atoms with van der Waals surface area (Å²) in [6.45, 7) is 9.56. The summed E-state index contributed by atoms with van der Waals surface area (Å²) in [6.07, 6.45) is -3.81. The molecule has 2 unspecified atom stereocenters. The van der Waals surface area contributed by atoms with Crippen molar-refractivity contribution in [3.8, 4) is 0 Å². The van der Waals surface area contributed by atoms with Crippen molar-refractivity contribution in [2.45, 2.75) is 75.7 Å². The van der Waals surface area contributed by atoms with E-state index in [1.807, 2.05) is 0 Å². The number of ether oxygens (including phenoxy) is 1. The molecule has 0 radical (unpaired) electrons. The summed E-state index contributed by atoms with van der Waals surface area (Å²) < 4.78 is 5.17. The molecular weight excluding hydrogens is 356 g/mol. The van der Waals surface area contributed by atoms with E-state index < -0.39 is 47.2 Å². The number of nitrogens with zero attached hydrogens (tertiary/aromatic N) is 1. The lowest BCUT2D eigenvalue weighted by Gasteiger charge is -2.44. The van der Waals surface area contributed by atoms with Crippen molar-refractivity contribution in [3.63, 3.8) is 0 Å². The first-order chi connectivity index (χ1) is 12.1. The Labute approximate surface area is 160 Å². The maximum Gasteiger partial charge on any atom is 0.410 e. The van der Waals surface area contributed by atoms with Gasteiger partial charge in [0.05, 0.1) is 48.6 Å². The zero-order chi connectivity index (χ0) is 21.2. The third kappa shape index (κ3) is 6.24. The number of carbonyl (C=O) groups excluding carboxylic acids is 1. The van der Waals surface area contributed by atoms with E-state index in [0.717, 1.165) is 0 Å². The first kappa shape index (κ1) is 24.0. The molecule has 2 rings (SSSR count). The van der Waals surface area contributed by atoms with Crippen LogP contribution >= 0.6 is 0 Å². The van der Waals surface area contributed by atoms with Crippen molar-refractivity contribution >= 4 is 6.09 Å². The molecule has 160 valence electrons. The second-order valence-electron chi connectivity index (χ2n) is 8.84. The highest BCUT2D eigenvalue weighted by Gasteiger charge is 2.44. The minimum atomic E-state index is -1.10. The van der Waals surface area contributed by atoms with Crippen molar-refractivity contribution in [1.82, 2.24) is 10.2 Å². The van der Waals surface area contributed by atoms with Crippen LogP contribution in [0.5, 0.6) is 0 Å². The Hall–Kier alpha value is -1.01. The van der Waals surface area contributed by atoms with Gasteiger partial charge in [-0.15, -0.1) is 0 Å². The third-order valence-corrected chi connectivity index (χ3v) is 4.99. The van der Waals surface area contributed by atoms with E-state index in [4.69, 9.17) is 16.2 Å². The van der Waals surface area contributed by atoms with Crippen LogP contribution in [0.4, 0.5) is 4.79 Å². The highest BCUT2D eigenvalue weighted by molar-refractivity contribution is 5.68. The normalized spacial score (nSPS) is 40.0. The molecule has 0 aromatic carbocycles. The van der Waals surface area contributed by atoms with Crippen LogP contribution in [-0.2, 0) is 4.74 Å². The summed E-state index contributed by atoms with van der Waals surface area (Å²) in [5.74, 6) is 0. The number of amides is 1. The number of aliphatic hydroxyl groups is 4. The summed E-state index contributed by atoms with van der Waals surface area (Å²) in [7, 11) is 0. The van der Waals surface area contributed by atoms with Crippen molar-refractivity contribution < 1.29 is 30.0 Å². The molecule has 2 heterocycles. The van der Waals surface area contributed by atoms with Crippen LogP contribution in [0, 0.1) is 0 Å². The smallest absolute Gasteiger partial charge is 0.410 e. The molecule has 0 aromatic heterocycles. The highest BCUT2D eigenvalue weighted by atomic mass is 16.6. The average molecular weight is 392 g/mol. The Kier molecular flexibility index (Phi) is 7.62. The monoisotopic (exact) mass is 392 g/mol. The van der Waals surface area contributed by atoms with Crippen molar-refractivity contribution in [1.29, 1.82) is 0 Å². The zero-order valence-corrected chi connectivity index (χ0v) is 16.8. The van der Waals surface area contributed by atoms with Gasteiger partial charge in [0.15, 0.2) is 0 Å². The molecular formula is C17H36N4O6. The van der Waals surface area contributed by atoms with Crippen molar-refractivity contribution in [3.05, 3.63) is 0 Å². The van der Waals surface area contributed by atoms with Gasteiger partial charge in [-0.3, -0.25) is 0 Å². The quantitative estimate of drug-likeness (QED) is 0.239. The molecule has 2 fully saturated rings. The van der Waals surface area contributed by atoms with Gasteiger partial charge < -0.3 is 46.8 Å². The number of nitrogens with one attached hydrogen (secondary N) is 1. The largest absolute Gasteiger partial charge is 0.444 e. The maximum atomic E-state index is 11.8. The minimum absolute atomic E-state index is 0.0684. The molecule has 9 N–H and O–H groups in total. The minimum Gasteiger partial charge on any atom is -0.444 e. The fourth-order valence-corrected chi connectivity index (χ4v) is 2.60. The second-order valence-corrected chi connectivity index (χ2v) is 8.84. The molecule has 1 amide bonds. The molecule has 2 aliphatic rings. The molecule has 6 atom stereocenters. The van der Waals surface area contributed by atoms with E-state index in [-0.39, 0.29) is 13.1 Å². The van der Waals surface area contributed by atoms with Crippen LogP contribution in [-0.4, -0.2) is 98.7 Å². The number of hydrogen-bond donors (Lipinski definition) is 7. The summed E-state index contributed by atoms with van der Waals surface area (Å²) in [6, 6.07) is 0. The fraction of sp³-hybridized carbons (Fsp3) is 0.941. The summed E-state index contributed by atoms with van der Waals surface area (Å²) in [5.41, 5.74) is 8.85. The Morgan fingerprint density at radius 3 is 1.67 bits per heavy atom. The Bertz CT molecular complexity index is 482. The lowest BCUT2D eigenvalue weighted by atomic mass is 9.85. The molecule has 27 heavy (non-hydrogen) atoms. The first-order valence-electron chi connectivity index (χ1n) is 9.07. The molecule has 0 spiro atoms. The number of rotatable bonds is 0. The molecule has 0 bridgehead atoms. The zero-order valence-electron chi connectivity index (χ0n) is 16.8. The van der Waals surface area contributed by atoms with E-state index in [1.54, 1.807) is 34.6 Å². The molecule has 0 aromatic rings. The number of piperidine rings is 2. The third-order valence-electron chi connectivity index (χ3n) is 4.99.